The van der Waals surface area contributed by atoms with E-state index in [9.17, 15) is 0 Å². The number of hydrogen-bond acceptors (Lipinski definition) is 2. The summed E-state index contributed by atoms with van der Waals surface area (Å²) in [6.07, 6.45) is 5.56. The van der Waals surface area contributed by atoms with Crippen LogP contribution in [-0.2, 0) is 0 Å². The molecule has 1 heterocycles. The summed E-state index contributed by atoms with van der Waals surface area (Å²) in [5.74, 6) is 0. The lowest BCUT2D eigenvalue weighted by atomic mass is 10.0. The Bertz CT molecular complexity index is 238. The fourth-order valence-electron chi connectivity index (χ4n) is 1.50. The fraction of sp³-hybridized carbons (Fsp3) is 0.625. The van der Waals surface area contributed by atoms with Gasteiger partial charge in [-0.2, -0.15) is 0 Å². The Kier molecular flexibility index (Phi) is 1.70. The third-order valence-electron chi connectivity index (χ3n) is 2.53. The Hall–Kier alpha value is -0.0600. The first-order chi connectivity index (χ1) is 5.26. The molecule has 1 aliphatic carbocycles. The quantitative estimate of drug-likeness (QED) is 0.719. The van der Waals surface area contributed by atoms with Crippen molar-refractivity contribution < 1.29 is 0 Å². The first-order valence-electron chi connectivity index (χ1n) is 3.87. The zero-order chi connectivity index (χ0) is 7.90. The summed E-state index contributed by atoms with van der Waals surface area (Å²) >= 11 is 2.26. The van der Waals surface area contributed by atoms with Gasteiger partial charge in [0.15, 0.2) is 0 Å². The van der Waals surface area contributed by atoms with Crippen LogP contribution in [0.2, 0.25) is 0 Å². The molecule has 0 atom stereocenters. The maximum atomic E-state index is 5.41. The molecule has 60 valence electrons. The summed E-state index contributed by atoms with van der Waals surface area (Å²) in [4.78, 5) is 4.48. The number of nitrogens with two attached hydrogens (primary N) is 1. The van der Waals surface area contributed by atoms with Gasteiger partial charge in [0.05, 0.1) is 5.71 Å². The first-order valence-corrected chi connectivity index (χ1v) is 4.95. The van der Waals surface area contributed by atoms with E-state index in [1.807, 2.05) is 0 Å². The van der Waals surface area contributed by atoms with Gasteiger partial charge in [0.2, 0.25) is 0 Å². The van der Waals surface area contributed by atoms with Crippen molar-refractivity contribution in [3.63, 3.8) is 0 Å². The second-order valence-electron chi connectivity index (χ2n) is 3.45. The molecular formula is C8H11IN2. The van der Waals surface area contributed by atoms with Crippen LogP contribution in [0.25, 0.3) is 0 Å². The number of allylic oxidation sites excluding steroid dienone is 1. The van der Waals surface area contributed by atoms with Crippen LogP contribution < -0.4 is 5.73 Å². The number of halogens is 1. The summed E-state index contributed by atoms with van der Waals surface area (Å²) in [7, 11) is 0. The van der Waals surface area contributed by atoms with Gasteiger partial charge >= 0.3 is 0 Å². The normalized spacial score (nSPS) is 27.4. The van der Waals surface area contributed by atoms with E-state index in [2.05, 4.69) is 27.6 Å². The Morgan fingerprint density at radius 2 is 2.36 bits per heavy atom. The van der Waals surface area contributed by atoms with E-state index in [0.717, 1.165) is 10.1 Å². The lowest BCUT2D eigenvalue weighted by molar-refractivity contribution is 0.586. The fourth-order valence-corrected chi connectivity index (χ4v) is 1.86. The van der Waals surface area contributed by atoms with E-state index in [1.165, 1.54) is 25.0 Å². The maximum Gasteiger partial charge on any atom is 0.0502 e. The summed E-state index contributed by atoms with van der Waals surface area (Å²) in [5.41, 5.74) is 7.23. The highest BCUT2D eigenvalue weighted by molar-refractivity contribution is 14.1. The van der Waals surface area contributed by atoms with Gasteiger partial charge in [0, 0.05) is 16.3 Å². The molecule has 2 rings (SSSR count). The second-order valence-corrected chi connectivity index (χ2v) is 4.62. The minimum atomic E-state index is 0.592. The van der Waals surface area contributed by atoms with Gasteiger partial charge in [-0.05, 0) is 47.3 Å². The summed E-state index contributed by atoms with van der Waals surface area (Å²) < 4.78 is 1.13. The molecule has 0 bridgehead atoms. The van der Waals surface area contributed by atoms with E-state index in [1.54, 1.807) is 6.20 Å². The molecule has 0 aromatic carbocycles. The molecule has 1 saturated carbocycles. The molecule has 0 saturated heterocycles. The van der Waals surface area contributed by atoms with E-state index in [-0.39, 0.29) is 0 Å². The molecule has 0 amide bonds. The summed E-state index contributed by atoms with van der Waals surface area (Å²) in [6.45, 7) is 1.04. The van der Waals surface area contributed by atoms with Crippen molar-refractivity contribution in [2.75, 3.05) is 6.54 Å². The van der Waals surface area contributed by atoms with Crippen LogP contribution in [0.15, 0.2) is 14.8 Å². The van der Waals surface area contributed by atoms with Crippen molar-refractivity contribution in [2.45, 2.75) is 19.3 Å². The van der Waals surface area contributed by atoms with Gasteiger partial charge in [-0.15, -0.1) is 0 Å². The molecule has 2 nitrogen and oxygen atoms in total. The average molecular weight is 262 g/mol. The average Bonchev–Trinajstić information content (AvgIpc) is 2.61. The highest BCUT2D eigenvalue weighted by Crippen LogP contribution is 2.52. The highest BCUT2D eigenvalue weighted by atomic mass is 127. The predicted octanol–water partition coefficient (Wildman–Crippen LogP) is 1.85. The van der Waals surface area contributed by atoms with Crippen molar-refractivity contribution in [3.8, 4) is 0 Å². The van der Waals surface area contributed by atoms with Gasteiger partial charge in [-0.25, -0.2) is 0 Å². The molecule has 1 fully saturated rings. The minimum absolute atomic E-state index is 0.592. The van der Waals surface area contributed by atoms with Gasteiger partial charge in [0.25, 0.3) is 0 Å². The molecule has 0 aromatic heterocycles. The molecule has 2 aliphatic rings. The molecule has 0 unspecified atom stereocenters. The summed E-state index contributed by atoms with van der Waals surface area (Å²) in [6, 6.07) is 0. The van der Waals surface area contributed by atoms with E-state index >= 15 is 0 Å². The Labute approximate surface area is 80.1 Å². The molecule has 0 aromatic rings. The molecule has 1 spiro atoms. The monoisotopic (exact) mass is 262 g/mol. The molecular weight excluding hydrogens is 251 g/mol. The maximum absolute atomic E-state index is 5.41. The first kappa shape index (κ1) is 7.58. The third-order valence-corrected chi connectivity index (χ3v) is 3.51. The number of nitrogens with zero attached hydrogens (tertiary/aromatic N) is 1. The Balaban J connectivity index is 2.08. The lowest BCUT2D eigenvalue weighted by Gasteiger charge is -2.01. The minimum Gasteiger partial charge on any atom is -0.404 e. The van der Waals surface area contributed by atoms with Crippen molar-refractivity contribution in [1.82, 2.24) is 0 Å². The van der Waals surface area contributed by atoms with E-state index < -0.39 is 0 Å². The van der Waals surface area contributed by atoms with Gasteiger partial charge < -0.3 is 5.73 Å². The topological polar surface area (TPSA) is 38.4 Å². The number of rotatable bonds is 1. The van der Waals surface area contributed by atoms with Crippen LogP contribution in [0.4, 0.5) is 0 Å². The molecule has 11 heavy (non-hydrogen) atoms. The lowest BCUT2D eigenvalue weighted by Crippen LogP contribution is -2.02. The van der Waals surface area contributed by atoms with Crippen LogP contribution in [0.5, 0.6) is 0 Å². The van der Waals surface area contributed by atoms with Crippen LogP contribution in [0, 0.1) is 5.41 Å². The number of hydrogen-bond donors (Lipinski definition) is 1. The van der Waals surface area contributed by atoms with Crippen molar-refractivity contribution in [2.24, 2.45) is 16.1 Å². The van der Waals surface area contributed by atoms with Gasteiger partial charge in [-0.1, -0.05) is 0 Å². The second kappa shape index (κ2) is 2.47. The molecule has 2 N–H and O–H groups in total. The van der Waals surface area contributed by atoms with Crippen molar-refractivity contribution >= 4 is 28.3 Å². The zero-order valence-electron chi connectivity index (χ0n) is 6.31. The van der Waals surface area contributed by atoms with Crippen LogP contribution in [-0.4, -0.2) is 12.3 Å². The molecule has 1 aliphatic heterocycles. The highest BCUT2D eigenvalue weighted by Gasteiger charge is 2.46. The number of aliphatic imine (C=N–C) groups is 1. The largest absolute Gasteiger partial charge is 0.404 e. The summed E-state index contributed by atoms with van der Waals surface area (Å²) in [5, 5.41) is 0. The SMILES string of the molecule is NC=C(I)C1=NCC2(CC2)C1. The van der Waals surface area contributed by atoms with Gasteiger partial charge in [-0.3, -0.25) is 4.99 Å². The zero-order valence-corrected chi connectivity index (χ0v) is 8.47. The van der Waals surface area contributed by atoms with Crippen molar-refractivity contribution in [1.29, 1.82) is 0 Å². The van der Waals surface area contributed by atoms with Gasteiger partial charge in [0.1, 0.15) is 0 Å². The van der Waals surface area contributed by atoms with E-state index in [4.69, 9.17) is 5.73 Å². The Morgan fingerprint density at radius 3 is 2.82 bits per heavy atom. The smallest absolute Gasteiger partial charge is 0.0502 e. The molecule has 3 heteroatoms. The predicted molar refractivity (Wildman–Crippen MR) is 54.9 cm³/mol. The standard InChI is InChI=1S/C8H11IN2/c9-6(4-10)7-3-8(1-2-8)5-11-7/h4H,1-3,5,10H2. The van der Waals surface area contributed by atoms with Crippen LogP contribution >= 0.6 is 22.6 Å². The van der Waals surface area contributed by atoms with Crippen LogP contribution in [0.3, 0.4) is 0 Å². The Morgan fingerprint density at radius 1 is 1.64 bits per heavy atom. The van der Waals surface area contributed by atoms with Crippen LogP contribution in [0.1, 0.15) is 19.3 Å². The van der Waals surface area contributed by atoms with Crippen molar-refractivity contribution in [3.05, 3.63) is 9.78 Å². The molecule has 0 radical (unpaired) electrons. The van der Waals surface area contributed by atoms with E-state index in [0.29, 0.717) is 5.41 Å². The third kappa shape index (κ3) is 1.30.